The molecule has 1 rings (SSSR count). The van der Waals surface area contributed by atoms with Crippen molar-refractivity contribution in [2.24, 2.45) is 5.92 Å². The van der Waals surface area contributed by atoms with Crippen molar-refractivity contribution in [2.45, 2.75) is 24.7 Å². The highest BCUT2D eigenvalue weighted by molar-refractivity contribution is 8.72. The molecular weight excluding hydrogens is 324 g/mol. The van der Waals surface area contributed by atoms with Gasteiger partial charge in [0, 0.05) is 31.5 Å². The first-order chi connectivity index (χ1) is 10.5. The summed E-state index contributed by atoms with van der Waals surface area (Å²) in [5, 5.41) is 17.8. The number of aliphatic hydroxyl groups is 2. The molecule has 22 heavy (non-hydrogen) atoms. The van der Waals surface area contributed by atoms with E-state index < -0.39 is 8.87 Å². The Balaban J connectivity index is 2.20. The Kier molecular flexibility index (Phi) is 9.04. The van der Waals surface area contributed by atoms with E-state index in [1.54, 1.807) is 24.3 Å². The van der Waals surface area contributed by atoms with Gasteiger partial charge in [-0.05, 0) is 42.7 Å². The summed E-state index contributed by atoms with van der Waals surface area (Å²) in [5.74, 6) is 0.277. The average molecular weight is 348 g/mol. The van der Waals surface area contributed by atoms with Crippen LogP contribution in [0, 0.1) is 12.8 Å². The molecule has 0 saturated heterocycles. The van der Waals surface area contributed by atoms with Crippen molar-refractivity contribution in [3.8, 4) is 0 Å². The molecule has 0 radical (unpaired) electrons. The summed E-state index contributed by atoms with van der Waals surface area (Å²) in [6.07, 6.45) is 1.43. The normalized spacial score (nSPS) is 12.0. The fourth-order valence-electron chi connectivity index (χ4n) is 1.79. The first-order valence-electron chi connectivity index (χ1n) is 7.25. The van der Waals surface area contributed by atoms with Crippen LogP contribution in [0.25, 0.3) is 0 Å². The maximum atomic E-state index is 12.1. The van der Waals surface area contributed by atoms with Crippen LogP contribution in [0.4, 0.5) is 0 Å². The third-order valence-electron chi connectivity index (χ3n) is 3.19. The number of rotatable bonds is 11. The average Bonchev–Trinajstić information content (AvgIpc) is 2.50. The fraction of sp³-hybridized carbons (Fsp3) is 0.600. The van der Waals surface area contributed by atoms with E-state index in [4.69, 9.17) is 14.9 Å². The minimum atomic E-state index is -3.32. The number of ether oxygens (including phenoxy) is 1. The van der Waals surface area contributed by atoms with Crippen LogP contribution >= 0.6 is 10.8 Å². The number of aryl methyl sites for hydroxylation is 1. The Morgan fingerprint density at radius 2 is 1.77 bits per heavy atom. The summed E-state index contributed by atoms with van der Waals surface area (Å²) in [7, 11) is -2.44. The summed E-state index contributed by atoms with van der Waals surface area (Å²) < 4.78 is 29.5. The lowest BCUT2D eigenvalue weighted by Crippen LogP contribution is -2.12. The third kappa shape index (κ3) is 7.11. The molecule has 5 nitrogen and oxygen atoms in total. The van der Waals surface area contributed by atoms with Crippen molar-refractivity contribution in [2.75, 3.05) is 32.2 Å². The van der Waals surface area contributed by atoms with E-state index in [0.29, 0.717) is 30.3 Å². The van der Waals surface area contributed by atoms with Crippen LogP contribution in [0.5, 0.6) is 0 Å². The molecule has 7 heteroatoms. The predicted molar refractivity (Wildman–Crippen MR) is 88.5 cm³/mol. The minimum absolute atomic E-state index is 0.0266. The molecule has 0 atom stereocenters. The smallest absolute Gasteiger partial charge is 0.230 e. The highest BCUT2D eigenvalue weighted by Gasteiger charge is 2.14. The highest BCUT2D eigenvalue weighted by Crippen LogP contribution is 2.23. The molecule has 1 aromatic carbocycles. The Morgan fingerprint density at radius 1 is 1.14 bits per heavy atom. The zero-order valence-corrected chi connectivity index (χ0v) is 14.4. The SMILES string of the molecule is Cc1ccc(S(=O)(=O)SCCOCCCC(CO)CO)cc1. The predicted octanol–water partition coefficient (Wildman–Crippen LogP) is 1.81. The molecule has 0 unspecified atom stereocenters. The molecule has 0 bridgehead atoms. The molecular formula is C15H24O5S2. The topological polar surface area (TPSA) is 83.8 Å². The number of hydrogen-bond donors (Lipinski definition) is 2. The van der Waals surface area contributed by atoms with Crippen molar-refractivity contribution in [3.05, 3.63) is 29.8 Å². The quantitative estimate of drug-likeness (QED) is 0.469. The fourth-order valence-corrected chi connectivity index (χ4v) is 4.41. The summed E-state index contributed by atoms with van der Waals surface area (Å²) in [4.78, 5) is 0.317. The van der Waals surface area contributed by atoms with E-state index in [-0.39, 0.29) is 19.1 Å². The van der Waals surface area contributed by atoms with Crippen LogP contribution in [-0.4, -0.2) is 50.8 Å². The van der Waals surface area contributed by atoms with Crippen LogP contribution in [0.3, 0.4) is 0 Å². The zero-order valence-electron chi connectivity index (χ0n) is 12.8. The Morgan fingerprint density at radius 3 is 2.36 bits per heavy atom. The maximum absolute atomic E-state index is 12.1. The van der Waals surface area contributed by atoms with Gasteiger partial charge in [-0.2, -0.15) is 0 Å². The van der Waals surface area contributed by atoms with Crippen molar-refractivity contribution in [3.63, 3.8) is 0 Å². The largest absolute Gasteiger partial charge is 0.396 e. The molecule has 0 aliphatic carbocycles. The summed E-state index contributed by atoms with van der Waals surface area (Å²) in [6, 6.07) is 6.79. The molecule has 2 N–H and O–H groups in total. The molecule has 1 aromatic rings. The van der Waals surface area contributed by atoms with E-state index in [9.17, 15) is 8.42 Å². The first kappa shape index (κ1) is 19.4. The molecule has 0 amide bonds. The van der Waals surface area contributed by atoms with E-state index in [1.165, 1.54) is 0 Å². The standard InChI is InChI=1S/C15H24O5S2/c1-13-4-6-15(7-5-13)22(18,19)21-10-9-20-8-2-3-14(11-16)12-17/h4-7,14,16-17H,2-3,8-12H2,1H3. The highest BCUT2D eigenvalue weighted by atomic mass is 33.1. The van der Waals surface area contributed by atoms with Crippen molar-refractivity contribution >= 4 is 19.7 Å². The van der Waals surface area contributed by atoms with Crippen LogP contribution in [0.15, 0.2) is 29.2 Å². The van der Waals surface area contributed by atoms with Gasteiger partial charge < -0.3 is 14.9 Å². The lowest BCUT2D eigenvalue weighted by molar-refractivity contribution is 0.114. The van der Waals surface area contributed by atoms with Crippen molar-refractivity contribution in [1.29, 1.82) is 0 Å². The molecule has 0 spiro atoms. The molecule has 0 aliphatic heterocycles. The van der Waals surface area contributed by atoms with Gasteiger partial charge in [0.1, 0.15) is 0 Å². The van der Waals surface area contributed by atoms with Gasteiger partial charge in [0.2, 0.25) is 8.87 Å². The van der Waals surface area contributed by atoms with Crippen molar-refractivity contribution in [1.82, 2.24) is 0 Å². The van der Waals surface area contributed by atoms with Crippen molar-refractivity contribution < 1.29 is 23.4 Å². The van der Waals surface area contributed by atoms with E-state index in [0.717, 1.165) is 22.8 Å². The van der Waals surface area contributed by atoms with Crippen LogP contribution < -0.4 is 0 Å². The number of hydrogen-bond acceptors (Lipinski definition) is 6. The third-order valence-corrected chi connectivity index (χ3v) is 6.69. The van der Waals surface area contributed by atoms with Gasteiger partial charge in [-0.15, -0.1) is 0 Å². The van der Waals surface area contributed by atoms with E-state index in [2.05, 4.69) is 0 Å². The lowest BCUT2D eigenvalue weighted by atomic mass is 10.1. The maximum Gasteiger partial charge on any atom is 0.230 e. The molecule has 126 valence electrons. The van der Waals surface area contributed by atoms with E-state index >= 15 is 0 Å². The summed E-state index contributed by atoms with van der Waals surface area (Å²) in [6.45, 7) is 2.72. The van der Waals surface area contributed by atoms with Gasteiger partial charge in [0.25, 0.3) is 0 Å². The van der Waals surface area contributed by atoms with Gasteiger partial charge in [-0.1, -0.05) is 17.7 Å². The second kappa shape index (κ2) is 10.2. The minimum Gasteiger partial charge on any atom is -0.396 e. The van der Waals surface area contributed by atoms with E-state index in [1.807, 2.05) is 6.92 Å². The summed E-state index contributed by atoms with van der Waals surface area (Å²) >= 11 is 0. The Hall–Kier alpha value is -0.600. The first-order valence-corrected chi connectivity index (χ1v) is 10.2. The van der Waals surface area contributed by atoms with Gasteiger partial charge in [0.15, 0.2) is 0 Å². The zero-order chi connectivity index (χ0) is 16.4. The van der Waals surface area contributed by atoms with Gasteiger partial charge in [0.05, 0.1) is 11.5 Å². The molecule has 0 saturated carbocycles. The molecule has 0 fully saturated rings. The second-order valence-corrected chi connectivity index (χ2v) is 9.12. The van der Waals surface area contributed by atoms with Crippen LogP contribution in [0.1, 0.15) is 18.4 Å². The Bertz CT molecular complexity index is 509. The van der Waals surface area contributed by atoms with Crippen LogP contribution in [0.2, 0.25) is 0 Å². The number of aliphatic hydroxyl groups excluding tert-OH is 2. The monoisotopic (exact) mass is 348 g/mol. The molecule has 0 aliphatic rings. The second-order valence-electron chi connectivity index (χ2n) is 5.07. The van der Waals surface area contributed by atoms with Gasteiger partial charge in [-0.25, -0.2) is 8.42 Å². The molecule has 0 aromatic heterocycles. The molecule has 0 heterocycles. The lowest BCUT2D eigenvalue weighted by Gasteiger charge is -2.10. The van der Waals surface area contributed by atoms with Gasteiger partial charge in [-0.3, -0.25) is 0 Å². The summed E-state index contributed by atoms with van der Waals surface area (Å²) in [5.41, 5.74) is 1.02. The number of benzene rings is 1. The van der Waals surface area contributed by atoms with Crippen LogP contribution in [-0.2, 0) is 13.6 Å². The Labute approximate surface area is 136 Å². The van der Waals surface area contributed by atoms with Gasteiger partial charge >= 0.3 is 0 Å².